The molecule has 0 bridgehead atoms. The molecule has 0 spiro atoms. The smallest absolute Gasteiger partial charge is 0.165 e. The highest BCUT2D eigenvalue weighted by molar-refractivity contribution is 9.10. The van der Waals surface area contributed by atoms with E-state index in [-0.39, 0.29) is 5.82 Å². The fourth-order valence-electron chi connectivity index (χ4n) is 1.49. The average Bonchev–Trinajstić information content (AvgIpc) is 2.08. The van der Waals surface area contributed by atoms with E-state index in [9.17, 15) is 4.39 Å². The van der Waals surface area contributed by atoms with Crippen molar-refractivity contribution in [2.24, 2.45) is 0 Å². The van der Waals surface area contributed by atoms with E-state index in [1.165, 1.54) is 0 Å². The zero-order valence-corrected chi connectivity index (χ0v) is 12.1. The highest BCUT2D eigenvalue weighted by Gasteiger charge is 2.25. The zero-order valence-electron chi connectivity index (χ0n) is 9.53. The van der Waals surface area contributed by atoms with Crippen molar-refractivity contribution >= 4 is 29.2 Å². The molecule has 1 aromatic rings. The monoisotopic (exact) mass is 290 g/mol. The standard InChI is InChI=1S/C11H16BrFOSi/c1-5-14-9-7-6-8(12)11(10(9)13)15(2,3)4/h6-7H,5H2,1-4H3. The van der Waals surface area contributed by atoms with Crippen LogP contribution in [0.15, 0.2) is 16.6 Å². The molecular formula is C11H16BrFOSi. The quantitative estimate of drug-likeness (QED) is 0.774. The highest BCUT2D eigenvalue weighted by Crippen LogP contribution is 2.23. The second kappa shape index (κ2) is 4.66. The molecule has 15 heavy (non-hydrogen) atoms. The van der Waals surface area contributed by atoms with Crippen LogP contribution in [-0.2, 0) is 0 Å². The lowest BCUT2D eigenvalue weighted by atomic mass is 10.3. The maximum atomic E-state index is 14.1. The number of ether oxygens (including phenoxy) is 1. The van der Waals surface area contributed by atoms with Gasteiger partial charge in [0.05, 0.1) is 14.7 Å². The molecule has 4 heteroatoms. The molecule has 0 heterocycles. The number of halogens is 2. The SMILES string of the molecule is CCOc1ccc(Br)c([Si](C)(C)C)c1F. The molecule has 0 saturated carbocycles. The molecule has 0 amide bonds. The van der Waals surface area contributed by atoms with Crippen LogP contribution in [0.2, 0.25) is 19.6 Å². The third-order valence-electron chi connectivity index (χ3n) is 2.11. The second-order valence-electron chi connectivity index (χ2n) is 4.42. The summed E-state index contributed by atoms with van der Waals surface area (Å²) in [6.07, 6.45) is 0. The Morgan fingerprint density at radius 3 is 2.40 bits per heavy atom. The molecule has 0 aliphatic carbocycles. The minimum Gasteiger partial charge on any atom is -0.491 e. The van der Waals surface area contributed by atoms with E-state index in [0.717, 1.165) is 9.66 Å². The number of hydrogen-bond donors (Lipinski definition) is 0. The summed E-state index contributed by atoms with van der Waals surface area (Å²) in [5, 5.41) is 0.799. The van der Waals surface area contributed by atoms with E-state index in [1.54, 1.807) is 6.07 Å². The second-order valence-corrected chi connectivity index (χ2v) is 10.3. The molecule has 0 unspecified atom stereocenters. The molecule has 0 atom stereocenters. The topological polar surface area (TPSA) is 9.23 Å². The Balaban J connectivity index is 3.30. The number of benzene rings is 1. The molecule has 0 saturated heterocycles. The first-order valence-corrected chi connectivity index (χ1v) is 9.28. The van der Waals surface area contributed by atoms with Gasteiger partial charge in [-0.15, -0.1) is 0 Å². The molecule has 1 nitrogen and oxygen atoms in total. The molecule has 0 aromatic heterocycles. The van der Waals surface area contributed by atoms with E-state index in [4.69, 9.17) is 4.74 Å². The van der Waals surface area contributed by atoms with Crippen LogP contribution in [0.3, 0.4) is 0 Å². The third kappa shape index (κ3) is 2.81. The highest BCUT2D eigenvalue weighted by atomic mass is 79.9. The molecule has 0 fully saturated rings. The Hall–Kier alpha value is -0.353. The Labute approximate surface area is 99.8 Å². The van der Waals surface area contributed by atoms with Gasteiger partial charge in [-0.05, 0) is 24.2 Å². The van der Waals surface area contributed by atoms with Crippen LogP contribution in [0.5, 0.6) is 5.75 Å². The third-order valence-corrected chi connectivity index (χ3v) is 5.12. The van der Waals surface area contributed by atoms with Gasteiger partial charge in [0.15, 0.2) is 11.6 Å². The molecule has 1 rings (SSSR count). The van der Waals surface area contributed by atoms with Crippen LogP contribution in [0, 0.1) is 5.82 Å². The molecule has 0 aliphatic heterocycles. The normalized spacial score (nSPS) is 11.6. The van der Waals surface area contributed by atoms with Crippen molar-refractivity contribution in [3.8, 4) is 5.75 Å². The molecule has 0 aliphatic rings. The van der Waals surface area contributed by atoms with E-state index in [1.807, 2.05) is 13.0 Å². The Bertz CT molecular complexity index is 360. The van der Waals surface area contributed by atoms with Gasteiger partial charge in [0.1, 0.15) is 0 Å². The fraction of sp³-hybridized carbons (Fsp3) is 0.455. The Kier molecular flexibility index (Phi) is 3.95. The summed E-state index contributed by atoms with van der Waals surface area (Å²) in [6, 6.07) is 3.54. The van der Waals surface area contributed by atoms with Gasteiger partial charge in [-0.1, -0.05) is 35.6 Å². The predicted molar refractivity (Wildman–Crippen MR) is 68.2 cm³/mol. The molecular weight excluding hydrogens is 275 g/mol. The summed E-state index contributed by atoms with van der Waals surface area (Å²) in [6.45, 7) is 8.70. The van der Waals surface area contributed by atoms with Crippen molar-refractivity contribution in [1.82, 2.24) is 0 Å². The van der Waals surface area contributed by atoms with E-state index < -0.39 is 8.07 Å². The average molecular weight is 291 g/mol. The zero-order chi connectivity index (χ0) is 11.6. The van der Waals surface area contributed by atoms with Gasteiger partial charge < -0.3 is 4.74 Å². The lowest BCUT2D eigenvalue weighted by molar-refractivity contribution is 0.322. The lowest BCUT2D eigenvalue weighted by Crippen LogP contribution is -2.41. The lowest BCUT2D eigenvalue weighted by Gasteiger charge is -2.20. The van der Waals surface area contributed by atoms with Gasteiger partial charge in [0, 0.05) is 4.47 Å². The van der Waals surface area contributed by atoms with Crippen LogP contribution >= 0.6 is 15.9 Å². The fourth-order valence-corrected chi connectivity index (χ4v) is 5.16. The minimum atomic E-state index is -1.68. The summed E-state index contributed by atoms with van der Waals surface area (Å²) in [5.74, 6) is 0.156. The van der Waals surface area contributed by atoms with Gasteiger partial charge in [0.25, 0.3) is 0 Å². The van der Waals surface area contributed by atoms with E-state index in [0.29, 0.717) is 12.4 Å². The van der Waals surface area contributed by atoms with Crippen molar-refractivity contribution in [1.29, 1.82) is 0 Å². The van der Waals surface area contributed by atoms with Crippen LogP contribution in [-0.4, -0.2) is 14.7 Å². The van der Waals surface area contributed by atoms with Gasteiger partial charge in [0.2, 0.25) is 0 Å². The van der Waals surface area contributed by atoms with Crippen LogP contribution < -0.4 is 9.92 Å². The van der Waals surface area contributed by atoms with E-state index in [2.05, 4.69) is 35.6 Å². The minimum absolute atomic E-state index is 0.203. The van der Waals surface area contributed by atoms with Crippen molar-refractivity contribution in [2.45, 2.75) is 26.6 Å². The maximum absolute atomic E-state index is 14.1. The van der Waals surface area contributed by atoms with Crippen molar-refractivity contribution < 1.29 is 9.13 Å². The summed E-state index contributed by atoms with van der Waals surface area (Å²) in [5.41, 5.74) is 0. The van der Waals surface area contributed by atoms with Crippen LogP contribution in [0.1, 0.15) is 6.92 Å². The first-order valence-electron chi connectivity index (χ1n) is 4.99. The maximum Gasteiger partial charge on any atom is 0.165 e. The van der Waals surface area contributed by atoms with Crippen LogP contribution in [0.25, 0.3) is 0 Å². The largest absolute Gasteiger partial charge is 0.491 e. The summed E-state index contributed by atoms with van der Waals surface area (Å²) in [7, 11) is -1.68. The first-order chi connectivity index (χ1) is 6.88. The van der Waals surface area contributed by atoms with Gasteiger partial charge in [-0.2, -0.15) is 0 Å². The van der Waals surface area contributed by atoms with Crippen LogP contribution in [0.4, 0.5) is 4.39 Å². The summed E-state index contributed by atoms with van der Waals surface area (Å²) < 4.78 is 20.2. The van der Waals surface area contributed by atoms with Gasteiger partial charge in [-0.25, -0.2) is 4.39 Å². The molecule has 0 radical (unpaired) electrons. The number of rotatable bonds is 3. The van der Waals surface area contributed by atoms with Crippen molar-refractivity contribution in [3.63, 3.8) is 0 Å². The first kappa shape index (κ1) is 12.7. The number of hydrogen-bond acceptors (Lipinski definition) is 1. The summed E-state index contributed by atoms with van der Waals surface area (Å²) >= 11 is 3.41. The molecule has 0 N–H and O–H groups in total. The molecule has 1 aromatic carbocycles. The van der Waals surface area contributed by atoms with E-state index >= 15 is 0 Å². The van der Waals surface area contributed by atoms with Crippen molar-refractivity contribution in [2.75, 3.05) is 6.61 Å². The Morgan fingerprint density at radius 1 is 1.33 bits per heavy atom. The summed E-state index contributed by atoms with van der Waals surface area (Å²) in [4.78, 5) is 0. The molecule has 84 valence electrons. The predicted octanol–water partition coefficient (Wildman–Crippen LogP) is 3.53. The van der Waals surface area contributed by atoms with Gasteiger partial charge >= 0.3 is 0 Å². The van der Waals surface area contributed by atoms with Gasteiger partial charge in [-0.3, -0.25) is 0 Å². The van der Waals surface area contributed by atoms with Crippen molar-refractivity contribution in [3.05, 3.63) is 22.4 Å². The Morgan fingerprint density at radius 2 is 1.93 bits per heavy atom.